The van der Waals surface area contributed by atoms with Gasteiger partial charge in [-0.2, -0.15) is 8.42 Å². The highest BCUT2D eigenvalue weighted by molar-refractivity contribution is 7.80. The summed E-state index contributed by atoms with van der Waals surface area (Å²) < 4.78 is 45.3. The molecule has 10 nitrogen and oxygen atoms in total. The topological polar surface area (TPSA) is 163 Å². The van der Waals surface area contributed by atoms with Gasteiger partial charge in [0.2, 0.25) is 0 Å². The van der Waals surface area contributed by atoms with Crippen molar-refractivity contribution < 1.29 is 47.1 Å². The van der Waals surface area contributed by atoms with E-state index >= 15 is 0 Å². The first kappa shape index (κ1) is 24.1. The number of aliphatic hydroxyl groups excluding tert-OH is 3. The summed E-state index contributed by atoms with van der Waals surface area (Å²) in [5, 5.41) is 39.2. The van der Waals surface area contributed by atoms with Crippen molar-refractivity contribution in [3.05, 3.63) is 24.3 Å². The van der Waals surface area contributed by atoms with Gasteiger partial charge in [-0.15, -0.1) is 6.58 Å². The minimum atomic E-state index is -4.93. The van der Waals surface area contributed by atoms with Gasteiger partial charge in [0.15, 0.2) is 6.29 Å². The van der Waals surface area contributed by atoms with Crippen LogP contribution < -0.4 is 0 Å². The monoisotopic (exact) mass is 412 g/mol. The Morgan fingerprint density at radius 3 is 2.48 bits per heavy atom. The van der Waals surface area contributed by atoms with Crippen molar-refractivity contribution >= 4 is 10.4 Å². The number of hydrogen-bond donors (Lipinski definition) is 5. The fourth-order valence-electron chi connectivity index (χ4n) is 2.43. The van der Waals surface area contributed by atoms with Crippen LogP contribution in [0.4, 0.5) is 0 Å². The summed E-state index contributed by atoms with van der Waals surface area (Å²) >= 11 is 0. The third-order valence-corrected chi connectivity index (χ3v) is 4.58. The normalized spacial score (nSPS) is 32.1. The lowest BCUT2D eigenvalue weighted by Gasteiger charge is -2.40. The lowest BCUT2D eigenvalue weighted by molar-refractivity contribution is -0.295. The van der Waals surface area contributed by atoms with E-state index in [1.54, 1.807) is 13.8 Å². The molecule has 1 heterocycles. The molecule has 1 aliphatic heterocycles. The van der Waals surface area contributed by atoms with E-state index in [4.69, 9.17) is 14.0 Å². The molecule has 6 atom stereocenters. The first-order valence-electron chi connectivity index (χ1n) is 8.31. The first-order chi connectivity index (χ1) is 12.4. The molecule has 1 rings (SSSR count). The van der Waals surface area contributed by atoms with Crippen LogP contribution in [-0.4, -0.2) is 82.9 Å². The quantitative estimate of drug-likeness (QED) is 0.229. The van der Waals surface area contributed by atoms with Crippen LogP contribution in [0.1, 0.15) is 26.7 Å². The second-order valence-electron chi connectivity index (χ2n) is 6.66. The SMILES string of the molecule is C=CC(C)(O)CC/C=C(/C)CO[C@@H]1O[C@H](CO)[C@@H](OS(=O)(=O)O)[C@H](O)[C@H]1O. The second-order valence-corrected chi connectivity index (χ2v) is 7.70. The molecule has 0 amide bonds. The van der Waals surface area contributed by atoms with E-state index < -0.39 is 53.3 Å². The Bertz CT molecular complexity index is 613. The molecule has 0 saturated carbocycles. The number of allylic oxidation sites excluding steroid dienone is 1. The molecular weight excluding hydrogens is 384 g/mol. The smallest absolute Gasteiger partial charge is 0.394 e. The van der Waals surface area contributed by atoms with Gasteiger partial charge in [0.05, 0.1) is 18.8 Å². The predicted octanol–water partition coefficient (Wildman–Crippen LogP) is -0.706. The van der Waals surface area contributed by atoms with Crippen LogP contribution in [0, 0.1) is 0 Å². The van der Waals surface area contributed by atoms with Crippen LogP contribution in [-0.2, 0) is 24.1 Å². The second kappa shape index (κ2) is 10.0. The lowest BCUT2D eigenvalue weighted by Crippen LogP contribution is -2.60. The van der Waals surface area contributed by atoms with Gasteiger partial charge in [0.25, 0.3) is 0 Å². The van der Waals surface area contributed by atoms with Crippen LogP contribution in [0.15, 0.2) is 24.3 Å². The van der Waals surface area contributed by atoms with Gasteiger partial charge in [-0.05, 0) is 26.7 Å². The molecule has 0 aliphatic carbocycles. The van der Waals surface area contributed by atoms with E-state index in [0.717, 1.165) is 5.57 Å². The number of aliphatic hydroxyl groups is 4. The third-order valence-electron chi connectivity index (χ3n) is 4.11. The van der Waals surface area contributed by atoms with Crippen molar-refractivity contribution in [3.63, 3.8) is 0 Å². The molecule has 0 radical (unpaired) electrons. The zero-order valence-electron chi connectivity index (χ0n) is 15.3. The molecule has 11 heteroatoms. The number of ether oxygens (including phenoxy) is 2. The van der Waals surface area contributed by atoms with Crippen LogP contribution in [0.5, 0.6) is 0 Å². The van der Waals surface area contributed by atoms with Crippen LogP contribution in [0.25, 0.3) is 0 Å². The third kappa shape index (κ3) is 7.94. The summed E-state index contributed by atoms with van der Waals surface area (Å²) in [7, 11) is -4.93. The number of rotatable bonds is 10. The summed E-state index contributed by atoms with van der Waals surface area (Å²) in [6.45, 7) is 6.20. The average Bonchev–Trinajstić information content (AvgIpc) is 2.57. The van der Waals surface area contributed by atoms with E-state index in [2.05, 4.69) is 10.8 Å². The molecule has 0 spiro atoms. The maximum absolute atomic E-state index is 10.8. The van der Waals surface area contributed by atoms with Crippen LogP contribution in [0.2, 0.25) is 0 Å². The Balaban J connectivity index is 2.64. The Morgan fingerprint density at radius 1 is 1.33 bits per heavy atom. The summed E-state index contributed by atoms with van der Waals surface area (Å²) in [5.74, 6) is 0. The Morgan fingerprint density at radius 2 is 1.96 bits per heavy atom. The molecule has 27 heavy (non-hydrogen) atoms. The molecular formula is C16H28O10S. The van der Waals surface area contributed by atoms with Gasteiger partial charge >= 0.3 is 10.4 Å². The van der Waals surface area contributed by atoms with Crippen molar-refractivity contribution in [1.29, 1.82) is 0 Å². The predicted molar refractivity (Wildman–Crippen MR) is 93.9 cm³/mol. The van der Waals surface area contributed by atoms with E-state index in [1.807, 2.05) is 6.08 Å². The molecule has 0 bridgehead atoms. The highest BCUT2D eigenvalue weighted by Crippen LogP contribution is 2.25. The Kier molecular flexibility index (Phi) is 8.99. The van der Waals surface area contributed by atoms with Crippen molar-refractivity contribution in [2.75, 3.05) is 13.2 Å². The van der Waals surface area contributed by atoms with Gasteiger partial charge < -0.3 is 29.9 Å². The number of hydrogen-bond acceptors (Lipinski definition) is 9. The van der Waals surface area contributed by atoms with E-state index in [-0.39, 0.29) is 6.61 Å². The molecule has 0 aromatic rings. The van der Waals surface area contributed by atoms with E-state index in [1.165, 1.54) is 6.08 Å². The van der Waals surface area contributed by atoms with E-state index in [0.29, 0.717) is 12.8 Å². The van der Waals surface area contributed by atoms with Crippen molar-refractivity contribution in [1.82, 2.24) is 0 Å². The average molecular weight is 412 g/mol. The molecule has 1 fully saturated rings. The maximum atomic E-state index is 10.8. The Hall–Kier alpha value is -0.890. The zero-order valence-corrected chi connectivity index (χ0v) is 16.1. The standard InChI is InChI=1S/C16H28O10S/c1-4-16(3,20)7-5-6-10(2)9-24-15-13(19)12(18)14(11(8-17)25-15)26-27(21,22)23/h4,6,11-15,17-20H,1,5,7-9H2,2-3H3,(H,21,22,23)/b10-6-/t11-,12-,13-,14-,15-,16?/m1/s1. The molecule has 0 aromatic carbocycles. The maximum Gasteiger partial charge on any atom is 0.397 e. The summed E-state index contributed by atoms with van der Waals surface area (Å²) in [5.41, 5.74) is -0.224. The molecule has 5 N–H and O–H groups in total. The molecule has 158 valence electrons. The first-order valence-corrected chi connectivity index (χ1v) is 9.68. The van der Waals surface area contributed by atoms with E-state index in [9.17, 15) is 28.8 Å². The van der Waals surface area contributed by atoms with Crippen molar-refractivity contribution in [2.45, 2.75) is 63.0 Å². The fraction of sp³-hybridized carbons (Fsp3) is 0.750. The molecule has 0 aromatic heterocycles. The van der Waals surface area contributed by atoms with Crippen molar-refractivity contribution in [2.24, 2.45) is 0 Å². The summed E-state index contributed by atoms with van der Waals surface area (Å²) in [6.07, 6.45) is -3.58. The largest absolute Gasteiger partial charge is 0.397 e. The van der Waals surface area contributed by atoms with Crippen molar-refractivity contribution in [3.8, 4) is 0 Å². The molecule has 1 aliphatic rings. The molecule has 1 saturated heterocycles. The lowest BCUT2D eigenvalue weighted by atomic mass is 9.99. The summed E-state index contributed by atoms with van der Waals surface area (Å²) in [4.78, 5) is 0. The minimum absolute atomic E-state index is 0.0205. The minimum Gasteiger partial charge on any atom is -0.394 e. The van der Waals surface area contributed by atoms with Crippen LogP contribution >= 0.6 is 0 Å². The van der Waals surface area contributed by atoms with Gasteiger partial charge in [0.1, 0.15) is 24.4 Å². The van der Waals surface area contributed by atoms with Gasteiger partial charge in [-0.1, -0.05) is 17.7 Å². The highest BCUT2D eigenvalue weighted by Gasteiger charge is 2.47. The van der Waals surface area contributed by atoms with Crippen LogP contribution in [0.3, 0.4) is 0 Å². The zero-order chi connectivity index (χ0) is 20.8. The van der Waals surface area contributed by atoms with Gasteiger partial charge in [0, 0.05) is 0 Å². The highest BCUT2D eigenvalue weighted by atomic mass is 32.3. The Labute approximate surface area is 158 Å². The summed E-state index contributed by atoms with van der Waals surface area (Å²) in [6, 6.07) is 0. The van der Waals surface area contributed by atoms with Gasteiger partial charge in [-0.25, -0.2) is 4.18 Å². The van der Waals surface area contributed by atoms with Gasteiger partial charge in [-0.3, -0.25) is 4.55 Å². The fourth-order valence-corrected chi connectivity index (χ4v) is 2.95. The molecule has 1 unspecified atom stereocenters.